The van der Waals surface area contributed by atoms with E-state index in [-0.39, 0.29) is 11.6 Å². The minimum atomic E-state index is -0.489. The van der Waals surface area contributed by atoms with Crippen molar-refractivity contribution >= 4 is 80.7 Å². The van der Waals surface area contributed by atoms with Gasteiger partial charge in [0.05, 0.1) is 10.0 Å². The number of hydrogen-bond acceptors (Lipinski definition) is 7. The van der Waals surface area contributed by atoms with E-state index in [1.807, 2.05) is 107 Å². The Morgan fingerprint density at radius 2 is 0.772 bits per heavy atom. The first-order valence-electron chi connectivity index (χ1n) is 18.6. The number of ketones is 2. The fourth-order valence-corrected chi connectivity index (χ4v) is 7.08. The van der Waals surface area contributed by atoms with Crippen molar-refractivity contribution in [1.29, 1.82) is 0 Å². The lowest BCUT2D eigenvalue weighted by Crippen LogP contribution is -2.28. The maximum absolute atomic E-state index is 13.9. The molecule has 0 bridgehead atoms. The Labute approximate surface area is 356 Å². The molecule has 0 fully saturated rings. The molecule has 1 aromatic heterocycles. The minimum absolute atomic E-state index is 0.0288. The van der Waals surface area contributed by atoms with Crippen molar-refractivity contribution in [2.24, 2.45) is 42.1 Å². The van der Waals surface area contributed by atoms with Gasteiger partial charge in [-0.1, -0.05) is 129 Å². The van der Waals surface area contributed by atoms with Gasteiger partial charge in [-0.05, 0) is 94.5 Å². The Bertz CT molecular complexity index is 2170. The van der Waals surface area contributed by atoms with Crippen LogP contribution in [0.3, 0.4) is 0 Å². The first-order valence-corrected chi connectivity index (χ1v) is 20.1. The molecule has 0 N–H and O–H groups in total. The van der Waals surface area contributed by atoms with Gasteiger partial charge in [0, 0.05) is 43.5 Å². The Morgan fingerprint density at radius 1 is 0.474 bits per heavy atom. The number of benzene rings is 2. The van der Waals surface area contributed by atoms with Gasteiger partial charge in [-0.25, -0.2) is 0 Å². The van der Waals surface area contributed by atoms with E-state index in [1.165, 1.54) is 0 Å². The number of azo groups is 2. The molecule has 0 amide bonds. The van der Waals surface area contributed by atoms with Crippen molar-refractivity contribution in [1.82, 2.24) is 0 Å². The summed E-state index contributed by atoms with van der Waals surface area (Å²) >= 11 is 25.5. The van der Waals surface area contributed by atoms with E-state index in [4.69, 9.17) is 61.0 Å². The summed E-state index contributed by atoms with van der Waals surface area (Å²) in [7, 11) is 0. The molecular formula is C46H48Cl4N4O3. The first kappa shape index (κ1) is 44.0. The van der Waals surface area contributed by atoms with E-state index in [9.17, 15) is 9.59 Å². The van der Waals surface area contributed by atoms with Crippen molar-refractivity contribution in [3.05, 3.63) is 138 Å². The third-order valence-electron chi connectivity index (χ3n) is 9.36. The van der Waals surface area contributed by atoms with Gasteiger partial charge in [0.1, 0.15) is 22.8 Å². The molecule has 2 aliphatic rings. The molecule has 0 atom stereocenters. The minimum Gasteiger partial charge on any atom is -0.453 e. The van der Waals surface area contributed by atoms with Crippen LogP contribution in [-0.4, -0.2) is 11.6 Å². The number of furan rings is 1. The van der Waals surface area contributed by atoms with Gasteiger partial charge in [-0.2, -0.15) is 0 Å². The van der Waals surface area contributed by atoms with E-state index in [1.54, 1.807) is 48.5 Å². The highest BCUT2D eigenvalue weighted by Gasteiger charge is 2.37. The van der Waals surface area contributed by atoms with Crippen LogP contribution in [0.1, 0.15) is 94.6 Å². The molecule has 298 valence electrons. The van der Waals surface area contributed by atoms with Crippen molar-refractivity contribution in [3.8, 4) is 0 Å². The van der Waals surface area contributed by atoms with E-state index in [0.29, 0.717) is 87.8 Å². The fraction of sp³-hybridized carbons (Fsp3) is 0.348. The van der Waals surface area contributed by atoms with E-state index in [0.717, 1.165) is 0 Å². The van der Waals surface area contributed by atoms with Gasteiger partial charge in [0.2, 0.25) is 0 Å². The number of hydrogen-bond donors (Lipinski definition) is 0. The van der Waals surface area contributed by atoms with Crippen LogP contribution >= 0.6 is 46.4 Å². The second-order valence-corrected chi connectivity index (χ2v) is 19.9. The smallest absolute Gasteiger partial charge is 0.186 e. The lowest BCUT2D eigenvalue weighted by Gasteiger charge is -2.31. The van der Waals surface area contributed by atoms with Crippen molar-refractivity contribution in [2.45, 2.75) is 83.1 Å². The van der Waals surface area contributed by atoms with Gasteiger partial charge in [-0.3, -0.25) is 9.59 Å². The van der Waals surface area contributed by atoms with Crippen LogP contribution in [-0.2, 0) is 9.59 Å². The molecule has 0 unspecified atom stereocenters. The highest BCUT2D eigenvalue weighted by atomic mass is 35.5. The Balaban J connectivity index is 1.85. The monoisotopic (exact) mass is 844 g/mol. The molecule has 0 saturated heterocycles. The molecule has 3 aromatic rings. The maximum Gasteiger partial charge on any atom is 0.186 e. The van der Waals surface area contributed by atoms with Gasteiger partial charge in [0.25, 0.3) is 0 Å². The molecular weight excluding hydrogens is 798 g/mol. The average molecular weight is 847 g/mol. The quantitative estimate of drug-likeness (QED) is 0.231. The fourth-order valence-electron chi connectivity index (χ4n) is 6.18. The lowest BCUT2D eigenvalue weighted by atomic mass is 9.71. The Hall–Kier alpha value is -4.14. The zero-order valence-electron chi connectivity index (χ0n) is 34.5. The molecule has 2 aromatic carbocycles. The number of carbonyl (C=O) groups is 2. The van der Waals surface area contributed by atoms with Crippen LogP contribution in [0.25, 0.3) is 11.4 Å². The second-order valence-electron chi connectivity index (χ2n) is 18.3. The second kappa shape index (κ2) is 16.2. The van der Waals surface area contributed by atoms with Crippen LogP contribution in [0, 0.1) is 21.7 Å². The molecule has 0 saturated carbocycles. The number of halogens is 4. The molecule has 57 heavy (non-hydrogen) atoms. The number of nitrogens with zero attached hydrogens (tertiary/aromatic N) is 4. The summed E-state index contributed by atoms with van der Waals surface area (Å²) in [6.07, 6.45) is 7.40. The molecule has 5 rings (SSSR count). The third kappa shape index (κ3) is 10.1. The summed E-state index contributed by atoms with van der Waals surface area (Å²) in [5, 5.41) is 20.1. The SMILES string of the molecule is CC(C)(C)C1=CC(=C(/N=N/c2ccc(Cl)cc2Cl)c2ccc(C(/N=N/c3ccc(Cl)cc3Cl)=C3C=C(C(C)(C)C)C(=O)C(C(C)(C)C)=C3)o2)C=C(C(C)(C)C)C1=O. The van der Waals surface area contributed by atoms with Gasteiger partial charge < -0.3 is 4.42 Å². The molecule has 11 heteroatoms. The molecule has 0 aliphatic heterocycles. The topological polar surface area (TPSA) is 96.7 Å². The normalized spacial score (nSPS) is 16.0. The summed E-state index contributed by atoms with van der Waals surface area (Å²) < 4.78 is 6.71. The predicted octanol–water partition coefficient (Wildman–Crippen LogP) is 15.9. The summed E-state index contributed by atoms with van der Waals surface area (Å²) in [6.45, 7) is 24.0. The van der Waals surface area contributed by atoms with Crippen molar-refractivity contribution < 1.29 is 14.0 Å². The van der Waals surface area contributed by atoms with Crippen LogP contribution in [0.2, 0.25) is 20.1 Å². The van der Waals surface area contributed by atoms with Crippen molar-refractivity contribution in [3.63, 3.8) is 0 Å². The van der Waals surface area contributed by atoms with Crippen LogP contribution < -0.4 is 0 Å². The largest absolute Gasteiger partial charge is 0.453 e. The molecule has 1 heterocycles. The summed E-state index contributed by atoms with van der Waals surface area (Å²) in [6, 6.07) is 13.4. The Morgan fingerprint density at radius 3 is 1.04 bits per heavy atom. The molecule has 2 aliphatic carbocycles. The maximum atomic E-state index is 13.9. The Kier molecular flexibility index (Phi) is 12.5. The number of rotatable bonds is 6. The highest BCUT2D eigenvalue weighted by molar-refractivity contribution is 6.36. The predicted molar refractivity (Wildman–Crippen MR) is 235 cm³/mol. The standard InChI is InChI=1S/C46H48Cl4N4O3/c1-43(2,3)29-19-25(20-30(41(29)55)44(4,5)6)39(53-51-35-15-13-27(47)23-33(35)49)37-17-18-38(57-37)40(54-52-36-16-14-28(48)24-34(36)50)26-21-31(45(7,8)9)42(56)32(22-26)46(10,11)12/h13-24H,1-12H3/b53-51+,54-52+. The average Bonchev–Trinajstić information content (AvgIpc) is 3.55. The van der Waals surface area contributed by atoms with Gasteiger partial charge in [0.15, 0.2) is 23.1 Å². The zero-order chi connectivity index (χ0) is 42.4. The lowest BCUT2D eigenvalue weighted by molar-refractivity contribution is -0.114. The van der Waals surface area contributed by atoms with E-state index >= 15 is 0 Å². The van der Waals surface area contributed by atoms with E-state index in [2.05, 4.69) is 10.2 Å². The van der Waals surface area contributed by atoms with Crippen LogP contribution in [0.15, 0.2) is 131 Å². The summed E-state index contributed by atoms with van der Waals surface area (Å²) in [4.78, 5) is 27.9. The van der Waals surface area contributed by atoms with Crippen LogP contribution in [0.5, 0.6) is 0 Å². The number of allylic oxidation sites excluding steroid dienone is 10. The van der Waals surface area contributed by atoms with Gasteiger partial charge in [-0.15, -0.1) is 20.5 Å². The van der Waals surface area contributed by atoms with E-state index < -0.39 is 21.7 Å². The van der Waals surface area contributed by atoms with Crippen molar-refractivity contribution in [2.75, 3.05) is 0 Å². The molecule has 7 nitrogen and oxygen atoms in total. The number of Topliss-reactive ketones (excluding diaryl/α,β-unsaturated/α-hetero) is 2. The van der Waals surface area contributed by atoms with Gasteiger partial charge >= 0.3 is 0 Å². The zero-order valence-corrected chi connectivity index (χ0v) is 37.5. The summed E-state index contributed by atoms with van der Waals surface area (Å²) in [5.74, 6) is 0.613. The first-order chi connectivity index (χ1) is 26.3. The van der Waals surface area contributed by atoms with Crippen LogP contribution in [0.4, 0.5) is 11.4 Å². The summed E-state index contributed by atoms with van der Waals surface area (Å²) in [5.41, 5.74) is 3.25. The molecule has 0 spiro atoms. The number of carbonyl (C=O) groups excluding carboxylic acids is 2. The highest BCUT2D eigenvalue weighted by Crippen LogP contribution is 2.44. The molecule has 0 radical (unpaired) electrons. The third-order valence-corrected chi connectivity index (χ3v) is 10.4.